The van der Waals surface area contributed by atoms with E-state index in [-0.39, 0.29) is 44.6 Å². The third-order valence-corrected chi connectivity index (χ3v) is 9.85. The van der Waals surface area contributed by atoms with E-state index in [2.05, 4.69) is 65.7 Å². The number of azide groups is 1. The molecule has 1 aromatic rings. The van der Waals surface area contributed by atoms with E-state index in [1.54, 1.807) is 6.20 Å². The number of ether oxygens (including phenoxy) is 4. The average Bonchev–Trinajstić information content (AvgIpc) is 3.16. The summed E-state index contributed by atoms with van der Waals surface area (Å²) in [5, 5.41) is 11.6. The van der Waals surface area contributed by atoms with Crippen LogP contribution in [0.1, 0.15) is 40.3 Å². The normalized spacial score (nSPS) is 13.1. The topological polar surface area (TPSA) is 151 Å². The molecule has 1 aromatic heterocycles. The van der Waals surface area contributed by atoms with E-state index in [1.165, 1.54) is 18.5 Å². The average molecular weight is 509 g/mol. The third kappa shape index (κ3) is 12.4. The highest BCUT2D eigenvalue weighted by Crippen LogP contribution is 2.35. The Morgan fingerprint density at radius 2 is 1.80 bits per heavy atom. The highest BCUT2D eigenvalue weighted by atomic mass is 28.3. The first kappa shape index (κ1) is 30.1. The van der Waals surface area contributed by atoms with Crippen LogP contribution in [0, 0.1) is 11.5 Å². The Labute approximate surface area is 207 Å². The fraction of sp³-hybridized carbons (Fsp3) is 0.727. The van der Waals surface area contributed by atoms with Crippen molar-refractivity contribution in [2.75, 3.05) is 26.4 Å². The fourth-order valence-corrected chi connectivity index (χ4v) is 3.42. The van der Waals surface area contributed by atoms with Gasteiger partial charge in [-0.15, -0.1) is 10.6 Å². The molecule has 0 amide bonds. The van der Waals surface area contributed by atoms with Gasteiger partial charge >= 0.3 is 11.9 Å². The molecule has 0 bridgehead atoms. The molecule has 194 valence electrons. The lowest BCUT2D eigenvalue weighted by atomic mass is 10.2. The number of esters is 2. The molecule has 2 atom stereocenters. The standard InChI is InChI=1S/C22H36N6O6Si/c1-17(29)33-20(11-24-26-23)15-32-14-19-12-28(27-25-19)13-21(34-18(2)30)16-31-9-8-10-35(6,7)22(3,4)5/h12,20-21H,9,11,13-16H2,1-7H3/t20-,21-/m1/s1. The van der Waals surface area contributed by atoms with Crippen LogP contribution >= 0.6 is 0 Å². The predicted octanol–water partition coefficient (Wildman–Crippen LogP) is 3.04. The molecule has 0 aliphatic heterocycles. The van der Waals surface area contributed by atoms with E-state index in [4.69, 9.17) is 24.5 Å². The highest BCUT2D eigenvalue weighted by molar-refractivity contribution is 6.87. The summed E-state index contributed by atoms with van der Waals surface area (Å²) >= 11 is 0. The fourth-order valence-electron chi connectivity index (χ4n) is 2.53. The minimum atomic E-state index is -1.71. The Kier molecular flexibility index (Phi) is 12.5. The molecule has 0 N–H and O–H groups in total. The van der Waals surface area contributed by atoms with Gasteiger partial charge in [0, 0.05) is 18.8 Å². The zero-order valence-electron chi connectivity index (χ0n) is 21.6. The van der Waals surface area contributed by atoms with Gasteiger partial charge < -0.3 is 18.9 Å². The summed E-state index contributed by atoms with van der Waals surface area (Å²) in [6.45, 7) is 14.4. The van der Waals surface area contributed by atoms with Gasteiger partial charge in [0.15, 0.2) is 0 Å². The Morgan fingerprint density at radius 1 is 1.17 bits per heavy atom. The lowest BCUT2D eigenvalue weighted by Crippen LogP contribution is -2.35. The molecule has 1 heterocycles. The molecule has 0 fully saturated rings. The van der Waals surface area contributed by atoms with E-state index in [0.717, 1.165) is 0 Å². The van der Waals surface area contributed by atoms with Crippen molar-refractivity contribution in [2.24, 2.45) is 5.11 Å². The van der Waals surface area contributed by atoms with Gasteiger partial charge in [-0.3, -0.25) is 9.59 Å². The number of hydrogen-bond donors (Lipinski definition) is 0. The maximum Gasteiger partial charge on any atom is 0.303 e. The Morgan fingerprint density at radius 3 is 2.40 bits per heavy atom. The lowest BCUT2D eigenvalue weighted by molar-refractivity contribution is -0.150. The van der Waals surface area contributed by atoms with Gasteiger partial charge in [0.2, 0.25) is 0 Å². The maximum absolute atomic E-state index is 11.5. The number of carbonyl (C=O) groups excluding carboxylic acids is 2. The lowest BCUT2D eigenvalue weighted by Gasteiger charge is -2.31. The van der Waals surface area contributed by atoms with Crippen LogP contribution in [0.15, 0.2) is 11.3 Å². The van der Waals surface area contributed by atoms with Crippen LogP contribution in [0.2, 0.25) is 18.1 Å². The van der Waals surface area contributed by atoms with E-state index >= 15 is 0 Å². The minimum Gasteiger partial charge on any atom is -0.460 e. The zero-order chi connectivity index (χ0) is 26.5. The first-order chi connectivity index (χ1) is 16.3. The predicted molar refractivity (Wildman–Crippen MR) is 131 cm³/mol. The van der Waals surface area contributed by atoms with E-state index in [1.807, 2.05) is 0 Å². The maximum atomic E-state index is 11.5. The monoisotopic (exact) mass is 508 g/mol. The molecule has 0 radical (unpaired) electrons. The van der Waals surface area contributed by atoms with Crippen LogP contribution in [0.25, 0.3) is 10.4 Å². The number of hydrogen-bond acceptors (Lipinski definition) is 9. The van der Waals surface area contributed by atoms with Crippen molar-refractivity contribution in [3.8, 4) is 11.5 Å². The molecule has 0 unspecified atom stereocenters. The van der Waals surface area contributed by atoms with Crippen LogP contribution in [-0.4, -0.2) is 73.6 Å². The van der Waals surface area contributed by atoms with Gasteiger partial charge in [-0.05, 0) is 10.6 Å². The molecular formula is C22H36N6O6Si. The molecule has 0 saturated carbocycles. The van der Waals surface area contributed by atoms with Gasteiger partial charge in [-0.25, -0.2) is 4.68 Å². The second-order valence-corrected chi connectivity index (χ2v) is 14.5. The first-order valence-electron chi connectivity index (χ1n) is 11.2. The molecule has 0 aromatic carbocycles. The van der Waals surface area contributed by atoms with Crippen molar-refractivity contribution in [2.45, 2.75) is 78.1 Å². The Balaban J connectivity index is 2.59. The molecule has 0 spiro atoms. The Bertz CT molecular complexity index is 938. The summed E-state index contributed by atoms with van der Waals surface area (Å²) in [5.41, 5.74) is 12.3. The number of carbonyl (C=O) groups is 2. The largest absolute Gasteiger partial charge is 0.460 e. The molecule has 0 saturated heterocycles. The number of rotatable bonds is 13. The van der Waals surface area contributed by atoms with Crippen molar-refractivity contribution in [3.05, 3.63) is 22.3 Å². The van der Waals surface area contributed by atoms with Crippen LogP contribution in [0.3, 0.4) is 0 Å². The molecule has 12 nitrogen and oxygen atoms in total. The van der Waals surface area contributed by atoms with Crippen LogP contribution in [0.5, 0.6) is 0 Å². The molecule has 35 heavy (non-hydrogen) atoms. The van der Waals surface area contributed by atoms with Crippen molar-refractivity contribution in [3.63, 3.8) is 0 Å². The summed E-state index contributed by atoms with van der Waals surface area (Å²) in [6.07, 6.45) is 0.403. The van der Waals surface area contributed by atoms with Crippen molar-refractivity contribution in [1.82, 2.24) is 15.0 Å². The smallest absolute Gasteiger partial charge is 0.303 e. The Hall–Kier alpha value is -2.91. The van der Waals surface area contributed by atoms with Crippen molar-refractivity contribution >= 4 is 20.0 Å². The first-order valence-corrected chi connectivity index (χ1v) is 14.2. The number of aromatic nitrogens is 3. The summed E-state index contributed by atoms with van der Waals surface area (Å²) in [4.78, 5) is 25.3. The number of nitrogens with zero attached hydrogens (tertiary/aromatic N) is 6. The van der Waals surface area contributed by atoms with Gasteiger partial charge in [-0.1, -0.05) is 50.1 Å². The van der Waals surface area contributed by atoms with Crippen LogP contribution in [0.4, 0.5) is 0 Å². The van der Waals surface area contributed by atoms with E-state index in [0.29, 0.717) is 5.69 Å². The SMILES string of the molecule is CC(=O)O[C@H](CN=[N+]=[N-])COCc1cn(C[C@H](COCC#C[Si](C)(C)C(C)(C)C)OC(C)=O)nn1. The van der Waals surface area contributed by atoms with E-state index in [9.17, 15) is 9.59 Å². The second kappa shape index (κ2) is 14.5. The summed E-state index contributed by atoms with van der Waals surface area (Å²) in [5.74, 6) is 2.18. The van der Waals surface area contributed by atoms with Gasteiger partial charge in [0.25, 0.3) is 0 Å². The van der Waals surface area contributed by atoms with Crippen molar-refractivity contribution < 1.29 is 28.5 Å². The highest BCUT2D eigenvalue weighted by Gasteiger charge is 2.33. The quantitative estimate of drug-likeness (QED) is 0.0750. The molecule has 0 aliphatic carbocycles. The second-order valence-electron chi connectivity index (χ2n) is 9.52. The van der Waals surface area contributed by atoms with Gasteiger partial charge in [0.1, 0.15) is 32.6 Å². The van der Waals surface area contributed by atoms with Crippen molar-refractivity contribution in [1.29, 1.82) is 0 Å². The molecular weight excluding hydrogens is 472 g/mol. The molecule has 13 heteroatoms. The van der Waals surface area contributed by atoms with Crippen LogP contribution in [-0.2, 0) is 41.7 Å². The summed E-state index contributed by atoms with van der Waals surface area (Å²) in [7, 11) is -1.71. The summed E-state index contributed by atoms with van der Waals surface area (Å²) < 4.78 is 23.1. The minimum absolute atomic E-state index is 0.0330. The summed E-state index contributed by atoms with van der Waals surface area (Å²) in [6, 6.07) is 0. The van der Waals surface area contributed by atoms with Gasteiger partial charge in [-0.2, -0.15) is 0 Å². The van der Waals surface area contributed by atoms with Crippen LogP contribution < -0.4 is 0 Å². The van der Waals surface area contributed by atoms with E-state index < -0.39 is 32.2 Å². The molecule has 1 rings (SSSR count). The third-order valence-electron chi connectivity index (χ3n) is 5.30. The molecule has 0 aliphatic rings. The zero-order valence-corrected chi connectivity index (χ0v) is 22.6. The van der Waals surface area contributed by atoms with Gasteiger partial charge in [0.05, 0.1) is 39.1 Å².